The first kappa shape index (κ1) is 17.2. The van der Waals surface area contributed by atoms with Crippen molar-refractivity contribution in [3.05, 3.63) is 33.7 Å². The second kappa shape index (κ2) is 7.09. The maximum Gasteiger partial charge on any atom is 0.259 e. The number of carbonyl (C=O) groups is 1. The number of hydrogen-bond acceptors (Lipinski definition) is 3. The summed E-state index contributed by atoms with van der Waals surface area (Å²) in [4.78, 5) is 32.5. The molecule has 2 fully saturated rings. The molecule has 1 aliphatic heterocycles. The summed E-state index contributed by atoms with van der Waals surface area (Å²) in [5, 5.41) is 0. The second-order valence-corrected chi connectivity index (χ2v) is 7.75. The van der Waals surface area contributed by atoms with Crippen LogP contribution in [0.25, 0.3) is 0 Å². The molecule has 1 aromatic rings. The summed E-state index contributed by atoms with van der Waals surface area (Å²) in [6, 6.07) is 1.88. The zero-order valence-corrected chi connectivity index (χ0v) is 15.0. The smallest absolute Gasteiger partial charge is 0.259 e. The molecule has 1 aromatic heterocycles. The van der Waals surface area contributed by atoms with Crippen molar-refractivity contribution in [3.8, 4) is 0 Å². The molecule has 2 heterocycles. The third-order valence-electron chi connectivity index (χ3n) is 5.28. The van der Waals surface area contributed by atoms with E-state index in [-0.39, 0.29) is 16.9 Å². The molecule has 0 radical (unpaired) electrons. The number of amides is 1. The fraction of sp³-hybridized carbons (Fsp3) is 0.684. The molecule has 1 atom stereocenters. The highest BCUT2D eigenvalue weighted by Crippen LogP contribution is 2.32. The van der Waals surface area contributed by atoms with Gasteiger partial charge in [-0.15, -0.1) is 0 Å². The number of aromatic amines is 1. The minimum absolute atomic E-state index is 0.129. The summed E-state index contributed by atoms with van der Waals surface area (Å²) in [7, 11) is 0. The number of nitrogens with zero attached hydrogens (tertiary/aromatic N) is 2. The van der Waals surface area contributed by atoms with E-state index in [1.165, 1.54) is 18.9 Å². The molecule has 1 aliphatic carbocycles. The molecule has 1 saturated carbocycles. The lowest BCUT2D eigenvalue weighted by Crippen LogP contribution is -2.47. The number of carbonyl (C=O) groups excluding carboxylic acids is 1. The van der Waals surface area contributed by atoms with E-state index >= 15 is 0 Å². The van der Waals surface area contributed by atoms with Crippen LogP contribution in [0.3, 0.4) is 0 Å². The molecule has 0 spiro atoms. The van der Waals surface area contributed by atoms with Crippen LogP contribution >= 0.6 is 0 Å². The van der Waals surface area contributed by atoms with E-state index in [0.717, 1.165) is 44.2 Å². The zero-order chi connectivity index (χ0) is 17.3. The van der Waals surface area contributed by atoms with Gasteiger partial charge in [0, 0.05) is 50.2 Å². The molecule has 5 nitrogen and oxygen atoms in total. The van der Waals surface area contributed by atoms with Crippen LogP contribution in [0.2, 0.25) is 0 Å². The summed E-state index contributed by atoms with van der Waals surface area (Å²) < 4.78 is 0. The average Bonchev–Trinajstić information content (AvgIpc) is 3.34. The van der Waals surface area contributed by atoms with Crippen molar-refractivity contribution in [1.29, 1.82) is 0 Å². The fourth-order valence-corrected chi connectivity index (χ4v) is 3.65. The van der Waals surface area contributed by atoms with Gasteiger partial charge in [-0.1, -0.05) is 13.8 Å². The van der Waals surface area contributed by atoms with Gasteiger partial charge in [0.25, 0.3) is 5.91 Å². The third-order valence-corrected chi connectivity index (χ3v) is 5.28. The largest absolute Gasteiger partial charge is 0.364 e. The van der Waals surface area contributed by atoms with Crippen LogP contribution in [-0.2, 0) is 0 Å². The molecular weight excluding hydrogens is 302 g/mol. The number of pyridine rings is 1. The van der Waals surface area contributed by atoms with Crippen LogP contribution in [0.1, 0.15) is 49.2 Å². The first-order valence-electron chi connectivity index (χ1n) is 9.18. The van der Waals surface area contributed by atoms with Crippen LogP contribution in [0.15, 0.2) is 17.1 Å². The minimum atomic E-state index is -0.184. The summed E-state index contributed by atoms with van der Waals surface area (Å²) in [5.74, 6) is 1.22. The quantitative estimate of drug-likeness (QED) is 0.921. The summed E-state index contributed by atoms with van der Waals surface area (Å²) in [5.41, 5.74) is 0.860. The van der Waals surface area contributed by atoms with Gasteiger partial charge < -0.3 is 9.88 Å². The van der Waals surface area contributed by atoms with Crippen molar-refractivity contribution < 1.29 is 4.79 Å². The van der Waals surface area contributed by atoms with Gasteiger partial charge in [-0.25, -0.2) is 0 Å². The predicted octanol–water partition coefficient (Wildman–Crippen LogP) is 2.27. The molecule has 0 bridgehead atoms. The second-order valence-electron chi connectivity index (χ2n) is 7.75. The molecule has 132 valence electrons. The highest BCUT2D eigenvalue weighted by molar-refractivity contribution is 5.93. The van der Waals surface area contributed by atoms with Gasteiger partial charge in [-0.3, -0.25) is 14.5 Å². The van der Waals surface area contributed by atoms with Gasteiger partial charge in [0.1, 0.15) is 5.56 Å². The fourth-order valence-electron chi connectivity index (χ4n) is 3.65. The molecule has 2 aliphatic rings. The van der Waals surface area contributed by atoms with Crippen molar-refractivity contribution in [2.75, 3.05) is 26.2 Å². The number of aromatic nitrogens is 1. The zero-order valence-electron chi connectivity index (χ0n) is 15.0. The Balaban J connectivity index is 1.77. The van der Waals surface area contributed by atoms with Crippen molar-refractivity contribution >= 4 is 5.91 Å². The van der Waals surface area contributed by atoms with E-state index in [9.17, 15) is 9.59 Å². The minimum Gasteiger partial charge on any atom is -0.364 e. The number of hydrogen-bond donors (Lipinski definition) is 1. The Labute approximate surface area is 144 Å². The van der Waals surface area contributed by atoms with E-state index in [1.54, 1.807) is 6.20 Å². The van der Waals surface area contributed by atoms with Crippen LogP contribution in [0.4, 0.5) is 0 Å². The van der Waals surface area contributed by atoms with Crippen LogP contribution in [0.5, 0.6) is 0 Å². The molecule has 1 amide bonds. The Morgan fingerprint density at radius 1 is 1.33 bits per heavy atom. The maximum atomic E-state index is 12.9. The summed E-state index contributed by atoms with van der Waals surface area (Å²) >= 11 is 0. The normalized spacial score (nSPS) is 22.7. The van der Waals surface area contributed by atoms with Crippen LogP contribution in [-0.4, -0.2) is 52.9 Å². The van der Waals surface area contributed by atoms with Crippen LogP contribution in [0, 0.1) is 18.8 Å². The highest BCUT2D eigenvalue weighted by atomic mass is 16.2. The monoisotopic (exact) mass is 331 g/mol. The average molecular weight is 331 g/mol. The lowest BCUT2D eigenvalue weighted by molar-refractivity contribution is 0.0702. The molecule has 0 aromatic carbocycles. The van der Waals surface area contributed by atoms with E-state index in [4.69, 9.17) is 0 Å². The van der Waals surface area contributed by atoms with E-state index in [2.05, 4.69) is 23.7 Å². The number of nitrogens with one attached hydrogen (secondary N) is 1. The Kier molecular flexibility index (Phi) is 5.09. The summed E-state index contributed by atoms with van der Waals surface area (Å²) in [6.07, 6.45) is 5.24. The summed E-state index contributed by atoms with van der Waals surface area (Å²) in [6.45, 7) is 9.96. The van der Waals surface area contributed by atoms with E-state index in [1.807, 2.05) is 11.8 Å². The maximum absolute atomic E-state index is 12.9. The highest BCUT2D eigenvalue weighted by Gasteiger charge is 2.33. The topological polar surface area (TPSA) is 56.4 Å². The van der Waals surface area contributed by atoms with E-state index in [0.29, 0.717) is 12.0 Å². The number of rotatable bonds is 4. The SMILES string of the molecule is Cc1cc(=O)c(C(=O)N2CCCN(CC3CC3)C(C(C)C)C2)c[nH]1. The van der Waals surface area contributed by atoms with Gasteiger partial charge in [-0.05, 0) is 38.0 Å². The molecular formula is C19H29N3O2. The first-order chi connectivity index (χ1) is 11.5. The molecule has 1 saturated heterocycles. The predicted molar refractivity (Wildman–Crippen MR) is 95.2 cm³/mol. The lowest BCUT2D eigenvalue weighted by atomic mass is 10.0. The molecule has 1 N–H and O–H groups in total. The lowest BCUT2D eigenvalue weighted by Gasteiger charge is -2.34. The van der Waals surface area contributed by atoms with Gasteiger partial charge in [0.2, 0.25) is 0 Å². The van der Waals surface area contributed by atoms with Crippen molar-refractivity contribution in [1.82, 2.24) is 14.8 Å². The van der Waals surface area contributed by atoms with E-state index < -0.39 is 0 Å². The van der Waals surface area contributed by atoms with Gasteiger partial charge >= 0.3 is 0 Å². The molecule has 1 unspecified atom stereocenters. The Morgan fingerprint density at radius 2 is 2.08 bits per heavy atom. The van der Waals surface area contributed by atoms with Crippen molar-refractivity contribution in [2.45, 2.75) is 46.1 Å². The number of H-pyrrole nitrogens is 1. The number of aryl methyl sites for hydroxylation is 1. The van der Waals surface area contributed by atoms with Gasteiger partial charge in [0.15, 0.2) is 5.43 Å². The third kappa shape index (κ3) is 3.89. The van der Waals surface area contributed by atoms with Gasteiger partial charge in [-0.2, -0.15) is 0 Å². The first-order valence-corrected chi connectivity index (χ1v) is 9.18. The Hall–Kier alpha value is -1.62. The molecule has 3 rings (SSSR count). The van der Waals surface area contributed by atoms with Crippen LogP contribution < -0.4 is 5.43 Å². The van der Waals surface area contributed by atoms with Crippen molar-refractivity contribution in [3.63, 3.8) is 0 Å². The standard InChI is InChI=1S/C19H29N3O2/c1-13(2)17-12-22(8-4-7-21(17)11-15-5-6-15)19(24)16-10-20-14(3)9-18(16)23/h9-10,13,15,17H,4-8,11-12H2,1-3H3,(H,20,23). The molecule has 24 heavy (non-hydrogen) atoms. The Morgan fingerprint density at radius 3 is 2.71 bits per heavy atom. The van der Waals surface area contributed by atoms with Crippen molar-refractivity contribution in [2.24, 2.45) is 11.8 Å². The Bertz CT molecular complexity index is 648. The molecule has 5 heteroatoms. The van der Waals surface area contributed by atoms with Gasteiger partial charge in [0.05, 0.1) is 0 Å².